The maximum Gasteiger partial charge on any atom is 0.121 e. The number of aryl methyl sites for hydroxylation is 3. The van der Waals surface area contributed by atoms with Crippen molar-refractivity contribution in [2.45, 2.75) is 20.8 Å². The molecule has 0 saturated carbocycles. The number of hydrogen-bond donors (Lipinski definition) is 1. The highest BCUT2D eigenvalue weighted by molar-refractivity contribution is 5.66. The third-order valence-electron chi connectivity index (χ3n) is 2.74. The van der Waals surface area contributed by atoms with E-state index < -0.39 is 0 Å². The second kappa shape index (κ2) is 3.97. The number of phenols is 1. The molecule has 0 saturated heterocycles. The summed E-state index contributed by atoms with van der Waals surface area (Å²) in [5.41, 5.74) is 4.99. The molecule has 0 aliphatic rings. The normalized spacial score (nSPS) is 10.4. The van der Waals surface area contributed by atoms with Crippen LogP contribution < -0.4 is 0 Å². The van der Waals surface area contributed by atoms with Crippen LogP contribution in [0.15, 0.2) is 30.5 Å². The lowest BCUT2D eigenvalue weighted by atomic mass is 10.0. The van der Waals surface area contributed by atoms with E-state index in [0.717, 1.165) is 27.9 Å². The molecule has 1 heterocycles. The second-order valence-corrected chi connectivity index (χ2v) is 4.15. The Morgan fingerprint density at radius 2 is 1.56 bits per heavy atom. The third kappa shape index (κ3) is 1.91. The molecule has 82 valence electrons. The van der Waals surface area contributed by atoms with E-state index in [2.05, 4.69) is 4.98 Å². The van der Waals surface area contributed by atoms with Crippen LogP contribution in [0.5, 0.6) is 5.75 Å². The quantitative estimate of drug-likeness (QED) is 0.787. The molecule has 0 bridgehead atoms. The van der Waals surface area contributed by atoms with Crippen molar-refractivity contribution < 1.29 is 5.11 Å². The lowest BCUT2D eigenvalue weighted by Gasteiger charge is -2.08. The topological polar surface area (TPSA) is 33.1 Å². The molecule has 1 aromatic carbocycles. The van der Waals surface area contributed by atoms with Gasteiger partial charge in [-0.15, -0.1) is 0 Å². The first-order chi connectivity index (χ1) is 7.58. The molecule has 2 heteroatoms. The maximum absolute atomic E-state index is 9.71. The zero-order valence-electron chi connectivity index (χ0n) is 9.78. The lowest BCUT2D eigenvalue weighted by molar-refractivity contribution is 0.467. The fraction of sp³-hybridized carbons (Fsp3) is 0.214. The van der Waals surface area contributed by atoms with Crippen LogP contribution in [-0.2, 0) is 0 Å². The minimum absolute atomic E-state index is 0.379. The Morgan fingerprint density at radius 1 is 0.938 bits per heavy atom. The molecule has 0 aliphatic heterocycles. The van der Waals surface area contributed by atoms with Gasteiger partial charge in [-0.25, -0.2) is 0 Å². The van der Waals surface area contributed by atoms with E-state index in [4.69, 9.17) is 0 Å². The maximum atomic E-state index is 9.71. The first-order valence-electron chi connectivity index (χ1n) is 5.31. The van der Waals surface area contributed by atoms with Crippen LogP contribution in [0.3, 0.4) is 0 Å². The van der Waals surface area contributed by atoms with E-state index in [1.807, 2.05) is 51.2 Å². The summed E-state index contributed by atoms with van der Waals surface area (Å²) in [6.07, 6.45) is 1.86. The Labute approximate surface area is 95.6 Å². The fourth-order valence-electron chi connectivity index (χ4n) is 1.76. The molecule has 2 nitrogen and oxygen atoms in total. The molecular formula is C14H15NO. The molecule has 1 N–H and O–H groups in total. The van der Waals surface area contributed by atoms with E-state index in [0.29, 0.717) is 5.75 Å². The van der Waals surface area contributed by atoms with Gasteiger partial charge in [-0.05, 0) is 55.7 Å². The van der Waals surface area contributed by atoms with E-state index in [1.54, 1.807) is 0 Å². The largest absolute Gasteiger partial charge is 0.507 e. The molecule has 0 aliphatic carbocycles. The standard InChI is InChI=1S/C14H15NO/c1-9-6-13(7-10(2)14(9)16)12-5-4-11(3)15-8-12/h4-8,16H,1-3H3. The van der Waals surface area contributed by atoms with Crippen LogP contribution >= 0.6 is 0 Å². The van der Waals surface area contributed by atoms with E-state index in [1.165, 1.54) is 0 Å². The Kier molecular flexibility index (Phi) is 2.65. The van der Waals surface area contributed by atoms with E-state index in [9.17, 15) is 5.11 Å². The molecule has 0 atom stereocenters. The molecule has 16 heavy (non-hydrogen) atoms. The zero-order chi connectivity index (χ0) is 11.7. The van der Waals surface area contributed by atoms with Crippen LogP contribution in [0, 0.1) is 20.8 Å². The van der Waals surface area contributed by atoms with Crippen molar-refractivity contribution in [3.8, 4) is 16.9 Å². The van der Waals surface area contributed by atoms with Crippen molar-refractivity contribution in [2.24, 2.45) is 0 Å². The van der Waals surface area contributed by atoms with Gasteiger partial charge in [0.25, 0.3) is 0 Å². The highest BCUT2D eigenvalue weighted by Crippen LogP contribution is 2.28. The van der Waals surface area contributed by atoms with Crippen molar-refractivity contribution in [3.05, 3.63) is 47.3 Å². The number of nitrogens with zero attached hydrogens (tertiary/aromatic N) is 1. The number of rotatable bonds is 1. The first-order valence-corrected chi connectivity index (χ1v) is 5.31. The van der Waals surface area contributed by atoms with Crippen LogP contribution in [-0.4, -0.2) is 10.1 Å². The number of benzene rings is 1. The van der Waals surface area contributed by atoms with Crippen molar-refractivity contribution in [1.29, 1.82) is 0 Å². The fourth-order valence-corrected chi connectivity index (χ4v) is 1.76. The van der Waals surface area contributed by atoms with Crippen molar-refractivity contribution in [3.63, 3.8) is 0 Å². The van der Waals surface area contributed by atoms with Crippen molar-refractivity contribution in [1.82, 2.24) is 4.98 Å². The van der Waals surface area contributed by atoms with Gasteiger partial charge in [-0.2, -0.15) is 0 Å². The number of pyridine rings is 1. The summed E-state index contributed by atoms with van der Waals surface area (Å²) in [6.45, 7) is 5.79. The molecule has 2 rings (SSSR count). The van der Waals surface area contributed by atoms with Crippen molar-refractivity contribution in [2.75, 3.05) is 0 Å². The summed E-state index contributed by atoms with van der Waals surface area (Å²) >= 11 is 0. The predicted molar refractivity (Wildman–Crippen MR) is 65.5 cm³/mol. The average molecular weight is 213 g/mol. The molecule has 0 spiro atoms. The smallest absolute Gasteiger partial charge is 0.121 e. The summed E-state index contributed by atoms with van der Waals surface area (Å²) in [4.78, 5) is 4.27. The van der Waals surface area contributed by atoms with Crippen LogP contribution in [0.2, 0.25) is 0 Å². The van der Waals surface area contributed by atoms with Gasteiger partial charge in [0.15, 0.2) is 0 Å². The monoisotopic (exact) mass is 213 g/mol. The molecule has 1 aromatic heterocycles. The summed E-state index contributed by atoms with van der Waals surface area (Å²) < 4.78 is 0. The lowest BCUT2D eigenvalue weighted by Crippen LogP contribution is -1.86. The average Bonchev–Trinajstić information content (AvgIpc) is 2.26. The van der Waals surface area contributed by atoms with Gasteiger partial charge < -0.3 is 5.11 Å². The Hall–Kier alpha value is -1.83. The van der Waals surface area contributed by atoms with Crippen LogP contribution in [0.4, 0.5) is 0 Å². The molecule has 0 unspecified atom stereocenters. The molecule has 2 aromatic rings. The second-order valence-electron chi connectivity index (χ2n) is 4.15. The van der Waals surface area contributed by atoms with Gasteiger partial charge in [-0.3, -0.25) is 4.98 Å². The Balaban J connectivity index is 2.52. The van der Waals surface area contributed by atoms with E-state index in [-0.39, 0.29) is 0 Å². The van der Waals surface area contributed by atoms with Gasteiger partial charge in [0.2, 0.25) is 0 Å². The molecule has 0 fully saturated rings. The summed E-state index contributed by atoms with van der Waals surface area (Å²) in [7, 11) is 0. The predicted octanol–water partition coefficient (Wildman–Crippen LogP) is 3.38. The van der Waals surface area contributed by atoms with Gasteiger partial charge in [-0.1, -0.05) is 6.07 Å². The van der Waals surface area contributed by atoms with Gasteiger partial charge in [0.1, 0.15) is 5.75 Å². The minimum atomic E-state index is 0.379. The SMILES string of the molecule is Cc1ccc(-c2cc(C)c(O)c(C)c2)cn1. The summed E-state index contributed by atoms with van der Waals surface area (Å²) in [6, 6.07) is 8.00. The minimum Gasteiger partial charge on any atom is -0.507 e. The molecule has 0 radical (unpaired) electrons. The number of phenolic OH excluding ortho intramolecular Hbond substituents is 1. The summed E-state index contributed by atoms with van der Waals surface area (Å²) in [5, 5.41) is 9.71. The van der Waals surface area contributed by atoms with Crippen LogP contribution in [0.1, 0.15) is 16.8 Å². The number of hydrogen-bond acceptors (Lipinski definition) is 2. The van der Waals surface area contributed by atoms with E-state index >= 15 is 0 Å². The number of aromatic hydroxyl groups is 1. The summed E-state index contributed by atoms with van der Waals surface area (Å²) in [5.74, 6) is 0.379. The Morgan fingerprint density at radius 3 is 2.06 bits per heavy atom. The Bertz CT molecular complexity index is 492. The highest BCUT2D eigenvalue weighted by Gasteiger charge is 2.05. The van der Waals surface area contributed by atoms with Gasteiger partial charge in [0.05, 0.1) is 0 Å². The highest BCUT2D eigenvalue weighted by atomic mass is 16.3. The first kappa shape index (κ1) is 10.7. The number of aromatic nitrogens is 1. The van der Waals surface area contributed by atoms with Gasteiger partial charge in [0, 0.05) is 17.5 Å². The van der Waals surface area contributed by atoms with Crippen molar-refractivity contribution >= 4 is 0 Å². The molecule has 0 amide bonds. The third-order valence-corrected chi connectivity index (χ3v) is 2.74. The van der Waals surface area contributed by atoms with Gasteiger partial charge >= 0.3 is 0 Å². The van der Waals surface area contributed by atoms with Crippen LogP contribution in [0.25, 0.3) is 11.1 Å². The zero-order valence-corrected chi connectivity index (χ0v) is 9.78. The molecular weight excluding hydrogens is 198 g/mol.